The van der Waals surface area contributed by atoms with Crippen LogP contribution in [0.5, 0.6) is 0 Å². The van der Waals surface area contributed by atoms with Gasteiger partial charge in [0.25, 0.3) is 0 Å². The van der Waals surface area contributed by atoms with Gasteiger partial charge in [0.05, 0.1) is 5.52 Å². The van der Waals surface area contributed by atoms with Gasteiger partial charge in [-0.15, -0.1) is 0 Å². The van der Waals surface area contributed by atoms with E-state index in [0.717, 1.165) is 17.2 Å². The van der Waals surface area contributed by atoms with Crippen molar-refractivity contribution in [3.8, 4) is 11.8 Å². The fourth-order valence-electron chi connectivity index (χ4n) is 1.99. The molecule has 0 aliphatic heterocycles. The molecule has 3 heteroatoms. The Morgan fingerprint density at radius 1 is 1.00 bits per heavy atom. The van der Waals surface area contributed by atoms with E-state index in [-0.39, 0.29) is 5.82 Å². The smallest absolute Gasteiger partial charge is 0.152 e. The summed E-state index contributed by atoms with van der Waals surface area (Å²) in [5, 5.41) is 0.895. The summed E-state index contributed by atoms with van der Waals surface area (Å²) < 4.78 is 12.8. The summed E-state index contributed by atoms with van der Waals surface area (Å²) in [5.74, 6) is 5.46. The Morgan fingerprint density at radius 3 is 2.52 bits per heavy atom. The molecular weight excluding hydrogens is 265 g/mol. The van der Waals surface area contributed by atoms with Gasteiger partial charge in [0.1, 0.15) is 11.5 Å². The van der Waals surface area contributed by atoms with Crippen molar-refractivity contribution in [2.24, 2.45) is 0 Å². The van der Waals surface area contributed by atoms with E-state index in [1.807, 2.05) is 24.3 Å². The van der Waals surface area contributed by atoms with Crippen LogP contribution < -0.4 is 0 Å². The minimum atomic E-state index is -0.307. The number of carbonyl (C=O) groups excluding carboxylic acids is 1. The first-order chi connectivity index (χ1) is 10.3. The van der Waals surface area contributed by atoms with Crippen molar-refractivity contribution < 1.29 is 9.18 Å². The van der Waals surface area contributed by atoms with Gasteiger partial charge in [0, 0.05) is 16.5 Å². The van der Waals surface area contributed by atoms with Crippen LogP contribution in [0.25, 0.3) is 10.9 Å². The molecular formula is C18H10FNO. The van der Waals surface area contributed by atoms with E-state index in [4.69, 9.17) is 0 Å². The Bertz CT molecular complexity index is 873. The normalized spacial score (nSPS) is 9.95. The van der Waals surface area contributed by atoms with Crippen molar-refractivity contribution >= 4 is 17.2 Å². The van der Waals surface area contributed by atoms with Crippen LogP contribution in [0, 0.1) is 17.7 Å². The maximum Gasteiger partial charge on any atom is 0.152 e. The van der Waals surface area contributed by atoms with E-state index in [9.17, 15) is 9.18 Å². The minimum Gasteiger partial charge on any atom is -0.298 e. The number of fused-ring (bicyclic) bond motifs is 1. The molecule has 3 rings (SSSR count). The predicted octanol–water partition coefficient (Wildman–Crippen LogP) is 3.59. The van der Waals surface area contributed by atoms with Gasteiger partial charge < -0.3 is 0 Å². The van der Waals surface area contributed by atoms with E-state index in [1.165, 1.54) is 12.1 Å². The van der Waals surface area contributed by atoms with Gasteiger partial charge in [-0.3, -0.25) is 4.79 Å². The zero-order valence-electron chi connectivity index (χ0n) is 11.0. The molecule has 2 nitrogen and oxygen atoms in total. The van der Waals surface area contributed by atoms with Crippen LogP contribution in [0.3, 0.4) is 0 Å². The van der Waals surface area contributed by atoms with Crippen molar-refractivity contribution in [3.63, 3.8) is 0 Å². The number of para-hydroxylation sites is 1. The molecule has 0 unspecified atom stereocenters. The maximum atomic E-state index is 12.8. The average Bonchev–Trinajstić information content (AvgIpc) is 2.53. The first-order valence-electron chi connectivity index (χ1n) is 6.39. The molecule has 100 valence electrons. The van der Waals surface area contributed by atoms with Crippen LogP contribution in [0.4, 0.5) is 4.39 Å². The molecule has 0 fully saturated rings. The Labute approximate surface area is 121 Å². The van der Waals surface area contributed by atoms with Gasteiger partial charge in [-0.25, -0.2) is 9.37 Å². The molecule has 0 bridgehead atoms. The molecule has 21 heavy (non-hydrogen) atoms. The van der Waals surface area contributed by atoms with E-state index in [0.29, 0.717) is 16.8 Å². The molecule has 0 saturated heterocycles. The monoisotopic (exact) mass is 275 g/mol. The summed E-state index contributed by atoms with van der Waals surface area (Å²) in [6.45, 7) is 0. The third-order valence-electron chi connectivity index (χ3n) is 3.05. The molecule has 0 atom stereocenters. The summed E-state index contributed by atoms with van der Waals surface area (Å²) in [4.78, 5) is 15.6. The predicted molar refractivity (Wildman–Crippen MR) is 79.5 cm³/mol. The lowest BCUT2D eigenvalue weighted by atomic mass is 10.1. The molecule has 0 N–H and O–H groups in total. The number of rotatable bonds is 1. The highest BCUT2D eigenvalue weighted by Crippen LogP contribution is 2.15. The first-order valence-corrected chi connectivity index (χ1v) is 6.39. The maximum absolute atomic E-state index is 12.8. The fourth-order valence-corrected chi connectivity index (χ4v) is 1.99. The summed E-state index contributed by atoms with van der Waals surface area (Å²) in [6, 6.07) is 15.2. The zero-order chi connectivity index (χ0) is 14.7. The number of halogens is 1. The summed E-state index contributed by atoms with van der Waals surface area (Å²) in [7, 11) is 0. The first kappa shape index (κ1) is 13.0. The van der Waals surface area contributed by atoms with Gasteiger partial charge in [-0.2, -0.15) is 0 Å². The van der Waals surface area contributed by atoms with Crippen LogP contribution in [0.2, 0.25) is 0 Å². The largest absolute Gasteiger partial charge is 0.298 e. The van der Waals surface area contributed by atoms with Crippen molar-refractivity contribution in [2.75, 3.05) is 0 Å². The lowest BCUT2D eigenvalue weighted by Crippen LogP contribution is -1.93. The Morgan fingerprint density at radius 2 is 1.76 bits per heavy atom. The Hall–Kier alpha value is -2.99. The van der Waals surface area contributed by atoms with Crippen molar-refractivity contribution in [2.45, 2.75) is 0 Å². The lowest BCUT2D eigenvalue weighted by Gasteiger charge is -2.00. The van der Waals surface area contributed by atoms with Crippen LogP contribution in [0.1, 0.15) is 21.6 Å². The number of carbonyl (C=O) groups is 1. The average molecular weight is 275 g/mol. The highest BCUT2D eigenvalue weighted by Gasteiger charge is 2.03. The number of benzene rings is 2. The molecule has 0 saturated carbocycles. The zero-order valence-corrected chi connectivity index (χ0v) is 11.0. The summed E-state index contributed by atoms with van der Waals surface area (Å²) >= 11 is 0. The molecule has 3 aromatic rings. The van der Waals surface area contributed by atoms with Crippen LogP contribution in [0.15, 0.2) is 54.6 Å². The highest BCUT2D eigenvalue weighted by atomic mass is 19.1. The second-order valence-corrected chi connectivity index (χ2v) is 4.49. The fraction of sp³-hybridized carbons (Fsp3) is 0. The quantitative estimate of drug-likeness (QED) is 0.502. The number of aromatic nitrogens is 1. The van der Waals surface area contributed by atoms with Gasteiger partial charge in [0.2, 0.25) is 0 Å². The lowest BCUT2D eigenvalue weighted by molar-refractivity contribution is 0.112. The third-order valence-corrected chi connectivity index (χ3v) is 3.05. The van der Waals surface area contributed by atoms with Crippen LogP contribution in [-0.4, -0.2) is 11.3 Å². The third kappa shape index (κ3) is 2.80. The number of nitrogens with zero attached hydrogens (tertiary/aromatic N) is 1. The van der Waals surface area contributed by atoms with Crippen molar-refractivity contribution in [1.29, 1.82) is 0 Å². The second kappa shape index (κ2) is 5.56. The number of hydrogen-bond acceptors (Lipinski definition) is 2. The molecule has 2 aromatic carbocycles. The van der Waals surface area contributed by atoms with Crippen molar-refractivity contribution in [1.82, 2.24) is 4.98 Å². The molecule has 0 spiro atoms. The molecule has 0 aliphatic carbocycles. The topological polar surface area (TPSA) is 30.0 Å². The summed E-state index contributed by atoms with van der Waals surface area (Å²) in [6.07, 6.45) is 0.744. The van der Waals surface area contributed by atoms with Gasteiger partial charge in [0.15, 0.2) is 6.29 Å². The number of hydrogen-bond donors (Lipinski definition) is 0. The van der Waals surface area contributed by atoms with Gasteiger partial charge in [-0.1, -0.05) is 24.1 Å². The number of aldehydes is 1. The SMILES string of the molecule is O=Cc1cc2ccccc2nc1C#Cc1ccc(F)cc1. The molecule has 1 heterocycles. The van der Waals surface area contributed by atoms with E-state index in [2.05, 4.69) is 16.8 Å². The van der Waals surface area contributed by atoms with Crippen LogP contribution in [-0.2, 0) is 0 Å². The second-order valence-electron chi connectivity index (χ2n) is 4.49. The van der Waals surface area contributed by atoms with Crippen molar-refractivity contribution in [3.05, 3.63) is 77.2 Å². The standard InChI is InChI=1S/C18H10FNO/c19-16-8-5-13(6-9-16)7-10-18-15(12-21)11-14-3-1-2-4-17(14)20-18/h1-6,8-9,11-12H. The minimum absolute atomic E-state index is 0.307. The summed E-state index contributed by atoms with van der Waals surface area (Å²) in [5.41, 5.74) is 2.33. The molecule has 0 aliphatic rings. The Balaban J connectivity index is 2.07. The highest BCUT2D eigenvalue weighted by molar-refractivity contribution is 5.88. The van der Waals surface area contributed by atoms with Crippen LogP contribution >= 0.6 is 0 Å². The van der Waals surface area contributed by atoms with E-state index in [1.54, 1.807) is 18.2 Å². The molecule has 1 aromatic heterocycles. The Kier molecular flexibility index (Phi) is 3.44. The van der Waals surface area contributed by atoms with E-state index < -0.39 is 0 Å². The van der Waals surface area contributed by atoms with E-state index >= 15 is 0 Å². The number of pyridine rings is 1. The molecule has 0 radical (unpaired) electrons. The van der Waals surface area contributed by atoms with Gasteiger partial charge in [-0.05, 0) is 42.3 Å². The molecule has 0 amide bonds. The van der Waals surface area contributed by atoms with Gasteiger partial charge >= 0.3 is 0 Å².